The van der Waals surface area contributed by atoms with E-state index < -0.39 is 0 Å². The molecule has 0 aromatic carbocycles. The van der Waals surface area contributed by atoms with Crippen LogP contribution in [-0.2, 0) is 11.3 Å². The summed E-state index contributed by atoms with van der Waals surface area (Å²) in [5.74, 6) is 0. The number of pyridine rings is 1. The van der Waals surface area contributed by atoms with Crippen LogP contribution in [0, 0.1) is 0 Å². The summed E-state index contributed by atoms with van der Waals surface area (Å²) in [7, 11) is 0. The van der Waals surface area contributed by atoms with Gasteiger partial charge in [-0.2, -0.15) is 0 Å². The molecule has 2 aliphatic heterocycles. The summed E-state index contributed by atoms with van der Waals surface area (Å²) in [5.41, 5.74) is 1.31. The first-order chi connectivity index (χ1) is 9.40. The molecule has 0 spiro atoms. The van der Waals surface area contributed by atoms with Crippen LogP contribution in [0.15, 0.2) is 24.5 Å². The molecule has 0 saturated carbocycles. The summed E-state index contributed by atoms with van der Waals surface area (Å²) in [6.07, 6.45) is 8.22. The highest BCUT2D eigenvalue weighted by atomic mass is 16.5. The third-order valence-electron chi connectivity index (χ3n) is 4.06. The summed E-state index contributed by atoms with van der Waals surface area (Å²) in [5, 5.41) is 3.36. The number of piperidine rings is 1. The zero-order valence-electron chi connectivity index (χ0n) is 11.4. The van der Waals surface area contributed by atoms with Crippen LogP contribution in [0.3, 0.4) is 0 Å². The summed E-state index contributed by atoms with van der Waals surface area (Å²) < 4.78 is 6.15. The number of nitrogens with zero attached hydrogens (tertiary/aromatic N) is 2. The maximum Gasteiger partial charge on any atom is 0.0715 e. The second-order valence-electron chi connectivity index (χ2n) is 5.59. The van der Waals surface area contributed by atoms with Gasteiger partial charge in [0.1, 0.15) is 0 Å². The average Bonchev–Trinajstić information content (AvgIpc) is 2.95. The third kappa shape index (κ3) is 3.75. The minimum atomic E-state index is 0.454. The molecule has 2 fully saturated rings. The number of aromatic nitrogens is 1. The second kappa shape index (κ2) is 6.46. The first-order valence-electron chi connectivity index (χ1n) is 7.37. The molecule has 104 valence electrons. The van der Waals surface area contributed by atoms with Crippen molar-refractivity contribution in [3.8, 4) is 0 Å². The van der Waals surface area contributed by atoms with E-state index in [2.05, 4.69) is 21.3 Å². The van der Waals surface area contributed by atoms with E-state index in [9.17, 15) is 0 Å². The Morgan fingerprint density at radius 2 is 2.16 bits per heavy atom. The van der Waals surface area contributed by atoms with E-state index in [1.807, 2.05) is 18.5 Å². The highest BCUT2D eigenvalue weighted by molar-refractivity contribution is 5.08. The van der Waals surface area contributed by atoms with Crippen molar-refractivity contribution in [3.63, 3.8) is 0 Å². The summed E-state index contributed by atoms with van der Waals surface area (Å²) >= 11 is 0. The number of hydrogen-bond acceptors (Lipinski definition) is 4. The molecule has 0 amide bonds. The third-order valence-corrected chi connectivity index (χ3v) is 4.06. The largest absolute Gasteiger partial charge is 0.374 e. The molecular weight excluding hydrogens is 238 g/mol. The van der Waals surface area contributed by atoms with Crippen LogP contribution in [0.4, 0.5) is 0 Å². The zero-order chi connectivity index (χ0) is 12.9. The number of nitrogens with one attached hydrogen (secondary N) is 1. The average molecular weight is 261 g/mol. The van der Waals surface area contributed by atoms with Crippen LogP contribution in [-0.4, -0.2) is 48.3 Å². The lowest BCUT2D eigenvalue weighted by atomic mass is 10.1. The van der Waals surface area contributed by atoms with Crippen LogP contribution in [0.2, 0.25) is 0 Å². The van der Waals surface area contributed by atoms with Gasteiger partial charge in [-0.25, -0.2) is 0 Å². The molecule has 0 aliphatic carbocycles. The minimum absolute atomic E-state index is 0.454. The standard InChI is InChI=1S/C15H23N3O/c1-2-13(10-16-6-1)12-18-8-4-14(5-9-18)19-15-3-7-17-11-15/h1-2,6,10,14-15,17H,3-5,7-9,11-12H2/t15-/m1/s1. The molecule has 2 saturated heterocycles. The lowest BCUT2D eigenvalue weighted by Gasteiger charge is -2.33. The van der Waals surface area contributed by atoms with Crippen LogP contribution in [0.5, 0.6) is 0 Å². The van der Waals surface area contributed by atoms with E-state index in [1.165, 1.54) is 12.0 Å². The Labute approximate surface area is 115 Å². The lowest BCUT2D eigenvalue weighted by Crippen LogP contribution is -2.38. The Morgan fingerprint density at radius 1 is 1.26 bits per heavy atom. The fourth-order valence-corrected chi connectivity index (χ4v) is 2.97. The van der Waals surface area contributed by atoms with E-state index in [4.69, 9.17) is 4.74 Å². The van der Waals surface area contributed by atoms with Gasteiger partial charge < -0.3 is 10.1 Å². The number of rotatable bonds is 4. The van der Waals surface area contributed by atoms with Crippen LogP contribution >= 0.6 is 0 Å². The molecule has 1 N–H and O–H groups in total. The summed E-state index contributed by atoms with van der Waals surface area (Å²) in [6.45, 7) is 5.45. The zero-order valence-corrected chi connectivity index (χ0v) is 11.4. The molecule has 1 aromatic rings. The molecule has 3 rings (SSSR count). The van der Waals surface area contributed by atoms with Crippen molar-refractivity contribution in [1.82, 2.24) is 15.2 Å². The highest BCUT2D eigenvalue weighted by Gasteiger charge is 2.24. The normalized spacial score (nSPS) is 25.8. The van der Waals surface area contributed by atoms with Crippen molar-refractivity contribution in [1.29, 1.82) is 0 Å². The van der Waals surface area contributed by atoms with E-state index in [0.29, 0.717) is 12.2 Å². The molecule has 0 unspecified atom stereocenters. The molecule has 4 heteroatoms. The van der Waals surface area contributed by atoms with Crippen molar-refractivity contribution >= 4 is 0 Å². The van der Waals surface area contributed by atoms with Gasteiger partial charge in [-0.05, 0) is 37.4 Å². The van der Waals surface area contributed by atoms with Crippen molar-refractivity contribution in [3.05, 3.63) is 30.1 Å². The smallest absolute Gasteiger partial charge is 0.0715 e. The molecule has 1 aromatic heterocycles. The molecule has 3 heterocycles. The van der Waals surface area contributed by atoms with Gasteiger partial charge >= 0.3 is 0 Å². The van der Waals surface area contributed by atoms with Crippen LogP contribution in [0.1, 0.15) is 24.8 Å². The van der Waals surface area contributed by atoms with Crippen molar-refractivity contribution in [2.45, 2.75) is 38.0 Å². The molecule has 19 heavy (non-hydrogen) atoms. The monoisotopic (exact) mass is 261 g/mol. The van der Waals surface area contributed by atoms with Gasteiger partial charge in [0.05, 0.1) is 12.2 Å². The van der Waals surface area contributed by atoms with Gasteiger partial charge in [0.15, 0.2) is 0 Å². The fourth-order valence-electron chi connectivity index (χ4n) is 2.97. The van der Waals surface area contributed by atoms with Gasteiger partial charge in [0.25, 0.3) is 0 Å². The SMILES string of the molecule is c1cncc(CN2CCC(O[C@@H]3CCNC3)CC2)c1. The Hall–Kier alpha value is -0.970. The molecule has 4 nitrogen and oxygen atoms in total. The number of ether oxygens (including phenoxy) is 1. The number of hydrogen-bond donors (Lipinski definition) is 1. The fraction of sp³-hybridized carbons (Fsp3) is 0.667. The van der Waals surface area contributed by atoms with E-state index >= 15 is 0 Å². The van der Waals surface area contributed by atoms with E-state index in [0.717, 1.165) is 45.6 Å². The second-order valence-corrected chi connectivity index (χ2v) is 5.59. The molecule has 2 aliphatic rings. The van der Waals surface area contributed by atoms with Crippen LogP contribution in [0.25, 0.3) is 0 Å². The van der Waals surface area contributed by atoms with Crippen LogP contribution < -0.4 is 5.32 Å². The summed E-state index contributed by atoms with van der Waals surface area (Å²) in [4.78, 5) is 6.68. The van der Waals surface area contributed by atoms with Gasteiger partial charge in [-0.3, -0.25) is 9.88 Å². The van der Waals surface area contributed by atoms with Gasteiger partial charge in [0.2, 0.25) is 0 Å². The van der Waals surface area contributed by atoms with Crippen molar-refractivity contribution < 1.29 is 4.74 Å². The Morgan fingerprint density at radius 3 is 2.84 bits per heavy atom. The predicted octanol–water partition coefficient (Wildman–Crippen LogP) is 1.42. The first-order valence-corrected chi connectivity index (χ1v) is 7.37. The Balaban J connectivity index is 1.41. The molecule has 0 bridgehead atoms. The van der Waals surface area contributed by atoms with Crippen molar-refractivity contribution in [2.75, 3.05) is 26.2 Å². The van der Waals surface area contributed by atoms with Gasteiger partial charge in [-0.15, -0.1) is 0 Å². The topological polar surface area (TPSA) is 37.4 Å². The Kier molecular flexibility index (Phi) is 4.43. The molecule has 1 atom stereocenters. The Bertz CT molecular complexity index is 370. The summed E-state index contributed by atoms with van der Waals surface area (Å²) in [6, 6.07) is 4.16. The van der Waals surface area contributed by atoms with Crippen molar-refractivity contribution in [2.24, 2.45) is 0 Å². The lowest BCUT2D eigenvalue weighted by molar-refractivity contribution is -0.0346. The molecular formula is C15H23N3O. The quantitative estimate of drug-likeness (QED) is 0.889. The van der Waals surface area contributed by atoms with E-state index in [1.54, 1.807) is 0 Å². The number of likely N-dealkylation sites (tertiary alicyclic amines) is 1. The first kappa shape index (κ1) is 13.0. The maximum absolute atomic E-state index is 6.15. The van der Waals surface area contributed by atoms with E-state index in [-0.39, 0.29) is 0 Å². The molecule has 0 radical (unpaired) electrons. The van der Waals surface area contributed by atoms with Gasteiger partial charge in [0, 0.05) is 38.6 Å². The minimum Gasteiger partial charge on any atom is -0.374 e. The van der Waals surface area contributed by atoms with Gasteiger partial charge in [-0.1, -0.05) is 6.07 Å². The maximum atomic E-state index is 6.15. The predicted molar refractivity (Wildman–Crippen MR) is 74.9 cm³/mol. The highest BCUT2D eigenvalue weighted by Crippen LogP contribution is 2.19.